The maximum absolute atomic E-state index is 13.3. The number of anilines is 1. The second-order valence-corrected chi connectivity index (χ2v) is 15.5. The smallest absolute Gasteiger partial charge is 0.257 e. The SMILES string of the molecule is Cn1c2ccncc2c2ccc(-c3ccc(O[C@H]4C[C@H](OCCCCCN5CCN(c6ccc7c(c6)C(=O)N(C6CCC(=O)NC6=O)C7O)CC5)C4)nc3)cc21. The lowest BCUT2D eigenvalue weighted by Crippen LogP contribution is -2.53. The number of carbonyl (C=O) groups is 3. The van der Waals surface area contributed by atoms with Crippen molar-refractivity contribution in [3.05, 3.63) is 84.3 Å². The monoisotopic (exact) mass is 757 g/mol. The van der Waals surface area contributed by atoms with Crippen molar-refractivity contribution in [3.63, 3.8) is 0 Å². The predicted octanol–water partition coefficient (Wildman–Crippen LogP) is 4.96. The van der Waals surface area contributed by atoms with Crippen molar-refractivity contribution in [1.29, 1.82) is 0 Å². The van der Waals surface area contributed by atoms with E-state index in [4.69, 9.17) is 9.47 Å². The van der Waals surface area contributed by atoms with Crippen LogP contribution in [0.2, 0.25) is 0 Å². The molecule has 9 rings (SSSR count). The molecule has 4 aliphatic rings. The zero-order valence-corrected chi connectivity index (χ0v) is 31.6. The average Bonchev–Trinajstić information content (AvgIpc) is 3.63. The fourth-order valence-corrected chi connectivity index (χ4v) is 8.68. The van der Waals surface area contributed by atoms with Gasteiger partial charge >= 0.3 is 0 Å². The molecule has 3 aliphatic heterocycles. The van der Waals surface area contributed by atoms with Crippen LogP contribution < -0.4 is 15.0 Å². The number of piperazine rings is 1. The zero-order valence-electron chi connectivity index (χ0n) is 31.6. The largest absolute Gasteiger partial charge is 0.474 e. The molecule has 2 atom stereocenters. The number of carbonyl (C=O) groups excluding carboxylic acids is 3. The Kier molecular flexibility index (Phi) is 9.90. The number of imide groups is 1. The van der Waals surface area contributed by atoms with Gasteiger partial charge in [0.2, 0.25) is 17.7 Å². The number of nitrogens with zero attached hydrogens (tertiary/aromatic N) is 6. The maximum atomic E-state index is 13.3. The molecular weight excluding hydrogens is 711 g/mol. The molecule has 0 bridgehead atoms. The Balaban J connectivity index is 0.658. The first-order valence-corrected chi connectivity index (χ1v) is 19.8. The fraction of sp³-hybridized carbons (Fsp3) is 0.419. The normalized spacial score (nSPS) is 22.8. The minimum Gasteiger partial charge on any atom is -0.474 e. The number of ether oxygens (including phenoxy) is 2. The summed E-state index contributed by atoms with van der Waals surface area (Å²) in [6.45, 7) is 5.38. The van der Waals surface area contributed by atoms with Gasteiger partial charge in [0.15, 0.2) is 6.23 Å². The molecule has 56 heavy (non-hydrogen) atoms. The van der Waals surface area contributed by atoms with Gasteiger partial charge in [0.05, 0.1) is 11.6 Å². The molecule has 2 aromatic carbocycles. The number of aliphatic hydroxyl groups is 1. The molecule has 0 radical (unpaired) electrons. The number of unbranched alkanes of at least 4 members (excludes halogenated alkanes) is 2. The molecular formula is C43H47N7O6. The van der Waals surface area contributed by atoms with Crippen molar-refractivity contribution < 1.29 is 29.0 Å². The van der Waals surface area contributed by atoms with Crippen molar-refractivity contribution >= 4 is 45.2 Å². The summed E-state index contributed by atoms with van der Waals surface area (Å²) in [6, 6.07) is 17.3. The van der Waals surface area contributed by atoms with E-state index in [-0.39, 0.29) is 36.9 Å². The van der Waals surface area contributed by atoms with E-state index in [1.807, 2.05) is 42.9 Å². The average molecular weight is 758 g/mol. The second-order valence-electron chi connectivity index (χ2n) is 15.5. The fourth-order valence-electron chi connectivity index (χ4n) is 8.68. The van der Waals surface area contributed by atoms with Crippen molar-refractivity contribution in [3.8, 4) is 17.0 Å². The van der Waals surface area contributed by atoms with Crippen LogP contribution in [-0.4, -0.2) is 105 Å². The van der Waals surface area contributed by atoms with Crippen LogP contribution in [0.4, 0.5) is 5.69 Å². The highest BCUT2D eigenvalue weighted by atomic mass is 16.5. The lowest BCUT2D eigenvalue weighted by atomic mass is 9.92. The van der Waals surface area contributed by atoms with Crippen LogP contribution in [0, 0.1) is 0 Å². The van der Waals surface area contributed by atoms with Gasteiger partial charge in [-0.2, -0.15) is 0 Å². The summed E-state index contributed by atoms with van der Waals surface area (Å²) >= 11 is 0. The maximum Gasteiger partial charge on any atom is 0.257 e. The molecule has 3 aromatic heterocycles. The van der Waals surface area contributed by atoms with Gasteiger partial charge in [-0.1, -0.05) is 18.2 Å². The van der Waals surface area contributed by atoms with E-state index in [2.05, 4.69) is 61.0 Å². The quantitative estimate of drug-likeness (QED) is 0.133. The number of aromatic nitrogens is 3. The Morgan fingerprint density at radius 3 is 2.50 bits per heavy atom. The number of hydrogen-bond acceptors (Lipinski definition) is 10. The molecule has 1 saturated carbocycles. The Bertz CT molecular complexity index is 2280. The van der Waals surface area contributed by atoms with Gasteiger partial charge in [0.1, 0.15) is 12.1 Å². The summed E-state index contributed by atoms with van der Waals surface area (Å²) < 4.78 is 14.5. The number of hydrogen-bond donors (Lipinski definition) is 2. The van der Waals surface area contributed by atoms with Crippen molar-refractivity contribution in [2.24, 2.45) is 7.05 Å². The highest BCUT2D eigenvalue weighted by Crippen LogP contribution is 2.38. The van der Waals surface area contributed by atoms with Crippen molar-refractivity contribution in [2.45, 2.75) is 69.4 Å². The van der Waals surface area contributed by atoms with E-state index in [1.165, 1.54) is 21.3 Å². The summed E-state index contributed by atoms with van der Waals surface area (Å²) in [7, 11) is 2.09. The molecule has 0 spiro atoms. The van der Waals surface area contributed by atoms with E-state index in [1.54, 1.807) is 6.07 Å². The second kappa shape index (κ2) is 15.3. The van der Waals surface area contributed by atoms with Gasteiger partial charge < -0.3 is 24.0 Å². The standard InChI is InChI=1S/C43H47N7O6/c1-47-36-13-14-44-26-35(36)32-8-5-27(21-38(32)47)28-6-12-40(45-25-28)56-31-23-30(24-31)55-20-4-2-3-15-48-16-18-49(19-17-48)29-7-9-33-34(22-29)43(54)50(42(33)53)37-10-11-39(51)46-41(37)52/h5-9,12-14,21-22,25-26,30-31,37,42,53H,2-4,10-11,15-20,23-24H2,1H3,(H,46,51,52)/t30-,31-,37?,42?. The highest BCUT2D eigenvalue weighted by molar-refractivity contribution is 6.08. The van der Waals surface area contributed by atoms with E-state index in [0.29, 0.717) is 17.0 Å². The molecule has 3 amide bonds. The molecule has 13 heteroatoms. The predicted molar refractivity (Wildman–Crippen MR) is 211 cm³/mol. The first kappa shape index (κ1) is 36.3. The highest BCUT2D eigenvalue weighted by Gasteiger charge is 2.44. The summed E-state index contributed by atoms with van der Waals surface area (Å²) in [4.78, 5) is 52.2. The minimum absolute atomic E-state index is 0.134. The third kappa shape index (κ3) is 6.99. The molecule has 13 nitrogen and oxygen atoms in total. The molecule has 3 fully saturated rings. The first-order valence-electron chi connectivity index (χ1n) is 19.8. The van der Waals surface area contributed by atoms with Crippen LogP contribution in [0.25, 0.3) is 32.9 Å². The number of pyridine rings is 2. The third-order valence-electron chi connectivity index (χ3n) is 12.0. The number of aliphatic hydroxyl groups excluding tert-OH is 1. The van der Waals surface area contributed by atoms with Gasteiger partial charge in [-0.25, -0.2) is 4.98 Å². The van der Waals surface area contributed by atoms with E-state index in [9.17, 15) is 19.5 Å². The number of fused-ring (bicyclic) bond motifs is 4. The van der Waals surface area contributed by atoms with E-state index >= 15 is 0 Å². The van der Waals surface area contributed by atoms with E-state index in [0.717, 1.165) is 93.6 Å². The van der Waals surface area contributed by atoms with Crippen molar-refractivity contribution in [2.75, 3.05) is 44.2 Å². The summed E-state index contributed by atoms with van der Waals surface area (Å²) in [5, 5.41) is 15.5. The zero-order chi connectivity index (χ0) is 38.3. The number of aryl methyl sites for hydroxylation is 1. The molecule has 1 aliphatic carbocycles. The van der Waals surface area contributed by atoms with Crippen LogP contribution in [-0.2, 0) is 21.4 Å². The van der Waals surface area contributed by atoms with Crippen LogP contribution >= 0.6 is 0 Å². The van der Waals surface area contributed by atoms with Crippen LogP contribution in [0.15, 0.2) is 73.2 Å². The Morgan fingerprint density at radius 1 is 0.857 bits per heavy atom. The molecule has 2 unspecified atom stereocenters. The van der Waals surface area contributed by atoms with Gasteiger partial charge in [0.25, 0.3) is 5.91 Å². The van der Waals surface area contributed by atoms with Gasteiger partial charge in [-0.15, -0.1) is 0 Å². The summed E-state index contributed by atoms with van der Waals surface area (Å²) in [5.74, 6) is -0.616. The lowest BCUT2D eigenvalue weighted by Gasteiger charge is -2.36. The van der Waals surface area contributed by atoms with Gasteiger partial charge in [0, 0.05) is 122 Å². The third-order valence-corrected chi connectivity index (χ3v) is 12.0. The number of benzene rings is 2. The number of rotatable bonds is 12. The van der Waals surface area contributed by atoms with Crippen LogP contribution in [0.3, 0.4) is 0 Å². The Labute approximate surface area is 325 Å². The number of piperidine rings is 1. The van der Waals surface area contributed by atoms with Gasteiger partial charge in [-0.05, 0) is 68.1 Å². The van der Waals surface area contributed by atoms with E-state index < -0.39 is 18.2 Å². The minimum atomic E-state index is -1.20. The molecule has 2 saturated heterocycles. The van der Waals surface area contributed by atoms with Crippen LogP contribution in [0.1, 0.15) is 67.1 Å². The summed E-state index contributed by atoms with van der Waals surface area (Å²) in [6.07, 6.45) is 10.2. The van der Waals surface area contributed by atoms with Crippen molar-refractivity contribution in [1.82, 2.24) is 29.7 Å². The molecule has 290 valence electrons. The Morgan fingerprint density at radius 2 is 1.70 bits per heavy atom. The lowest BCUT2D eigenvalue weighted by molar-refractivity contribution is -0.139. The molecule has 6 heterocycles. The Hall–Kier alpha value is -5.37. The summed E-state index contributed by atoms with van der Waals surface area (Å²) in [5.41, 5.74) is 6.37. The first-order chi connectivity index (χ1) is 27.3. The molecule has 5 aromatic rings. The molecule has 2 N–H and O–H groups in total. The number of amides is 3. The number of nitrogens with one attached hydrogen (secondary N) is 1. The topological polar surface area (TPSA) is 142 Å². The van der Waals surface area contributed by atoms with Gasteiger partial charge in [-0.3, -0.25) is 34.5 Å². The van der Waals surface area contributed by atoms with Crippen LogP contribution in [0.5, 0.6) is 5.88 Å².